The van der Waals surface area contributed by atoms with Gasteiger partial charge < -0.3 is 5.11 Å². The molecule has 0 saturated heterocycles. The molecule has 26 heavy (non-hydrogen) atoms. The van der Waals surface area contributed by atoms with E-state index in [0.29, 0.717) is 10.6 Å². The molecule has 2 rings (SSSR count). The van der Waals surface area contributed by atoms with E-state index in [1.807, 2.05) is 19.2 Å². The number of nitrogens with zero attached hydrogens (tertiary/aromatic N) is 2. The first-order valence-electron chi connectivity index (χ1n) is 8.38. The second-order valence-electron chi connectivity index (χ2n) is 6.60. The molecule has 0 amide bonds. The number of aliphatic imine (C=N–C) groups is 1. The first kappa shape index (κ1) is 20.6. The Morgan fingerprint density at radius 3 is 2.50 bits per heavy atom. The van der Waals surface area contributed by atoms with Crippen LogP contribution in [-0.2, 0) is 5.60 Å². The number of aromatic nitrogens is 1. The van der Waals surface area contributed by atoms with Crippen LogP contribution in [0.15, 0.2) is 28.7 Å². The summed E-state index contributed by atoms with van der Waals surface area (Å²) in [7, 11) is 0. The molecule has 3 nitrogen and oxygen atoms in total. The van der Waals surface area contributed by atoms with E-state index in [-0.39, 0.29) is 17.2 Å². The van der Waals surface area contributed by atoms with Gasteiger partial charge >= 0.3 is 6.18 Å². The van der Waals surface area contributed by atoms with Crippen LogP contribution in [0.3, 0.4) is 0 Å². The molecule has 1 N–H and O–H groups in total. The van der Waals surface area contributed by atoms with Gasteiger partial charge in [-0.05, 0) is 38.7 Å². The molecule has 1 aromatic heterocycles. The summed E-state index contributed by atoms with van der Waals surface area (Å²) in [5, 5.41) is 12.8. The van der Waals surface area contributed by atoms with Crippen LogP contribution in [-0.4, -0.2) is 22.0 Å². The van der Waals surface area contributed by atoms with Crippen molar-refractivity contribution < 1.29 is 18.3 Å². The molecule has 2 aromatic rings. The monoisotopic (exact) mass is 384 g/mol. The van der Waals surface area contributed by atoms with Crippen molar-refractivity contribution in [2.75, 3.05) is 0 Å². The predicted octanol–water partition coefficient (Wildman–Crippen LogP) is 6.03. The van der Waals surface area contributed by atoms with Crippen LogP contribution in [0, 0.1) is 12.8 Å². The molecule has 142 valence electrons. The maximum absolute atomic E-state index is 13.5. The van der Waals surface area contributed by atoms with E-state index in [4.69, 9.17) is 0 Å². The maximum atomic E-state index is 13.5. The summed E-state index contributed by atoms with van der Waals surface area (Å²) in [6, 6.07) is 2.88. The lowest BCUT2D eigenvalue weighted by atomic mass is 9.89. The van der Waals surface area contributed by atoms with Gasteiger partial charge in [0.1, 0.15) is 5.01 Å². The Labute approximate surface area is 155 Å². The third-order valence-corrected chi connectivity index (χ3v) is 5.59. The van der Waals surface area contributed by atoms with Gasteiger partial charge in [-0.1, -0.05) is 26.0 Å². The van der Waals surface area contributed by atoms with Crippen molar-refractivity contribution >= 4 is 22.7 Å². The van der Waals surface area contributed by atoms with Gasteiger partial charge in [-0.3, -0.25) is 4.99 Å². The van der Waals surface area contributed by atoms with Gasteiger partial charge in [-0.15, -0.1) is 11.3 Å². The largest absolute Gasteiger partial charge is 0.421 e. The Balaban J connectivity index is 2.75. The van der Waals surface area contributed by atoms with Crippen molar-refractivity contribution in [2.24, 2.45) is 10.9 Å². The zero-order valence-electron chi connectivity index (χ0n) is 15.5. The Morgan fingerprint density at radius 1 is 1.35 bits per heavy atom. The summed E-state index contributed by atoms with van der Waals surface area (Å²) in [6.45, 7) is 8.25. The second-order valence-corrected chi connectivity index (χ2v) is 7.50. The summed E-state index contributed by atoms with van der Waals surface area (Å²) in [5.41, 5.74) is -1.05. The number of rotatable bonds is 5. The third kappa shape index (κ3) is 3.83. The van der Waals surface area contributed by atoms with Crippen LogP contribution < -0.4 is 0 Å². The number of halogens is 3. The molecule has 7 heteroatoms. The van der Waals surface area contributed by atoms with Gasteiger partial charge in [0.2, 0.25) is 0 Å². The first-order chi connectivity index (χ1) is 12.0. The summed E-state index contributed by atoms with van der Waals surface area (Å²) in [4.78, 5) is 8.76. The summed E-state index contributed by atoms with van der Waals surface area (Å²) >= 11 is 1.40. The molecule has 0 radical (unpaired) electrons. The van der Waals surface area contributed by atoms with Crippen LogP contribution in [0.2, 0.25) is 0 Å². The number of hydrogen-bond acceptors (Lipinski definition) is 4. The Kier molecular flexibility index (Phi) is 5.92. The fraction of sp³-hybridized carbons (Fsp3) is 0.474. The zero-order valence-corrected chi connectivity index (χ0v) is 16.3. The average molecular weight is 384 g/mol. The highest BCUT2D eigenvalue weighted by molar-refractivity contribution is 7.13. The van der Waals surface area contributed by atoms with Crippen molar-refractivity contribution in [3.8, 4) is 10.6 Å². The fourth-order valence-electron chi connectivity index (χ4n) is 2.56. The van der Waals surface area contributed by atoms with Crippen LogP contribution in [0.1, 0.15) is 45.2 Å². The molecular formula is C19H23F3N2OS. The summed E-state index contributed by atoms with van der Waals surface area (Å²) < 4.78 is 40.4. The van der Waals surface area contributed by atoms with Crippen LogP contribution in [0.4, 0.5) is 18.9 Å². The Morgan fingerprint density at radius 2 is 2.00 bits per heavy atom. The number of alkyl halides is 3. The number of benzene rings is 1. The smallest absolute Gasteiger partial charge is 0.376 e. The Hall–Kier alpha value is -1.73. The summed E-state index contributed by atoms with van der Waals surface area (Å²) in [6.07, 6.45) is -2.34. The van der Waals surface area contributed by atoms with E-state index in [2.05, 4.69) is 9.98 Å². The van der Waals surface area contributed by atoms with Crippen molar-refractivity contribution in [1.29, 1.82) is 0 Å². The van der Waals surface area contributed by atoms with E-state index < -0.39 is 11.8 Å². The van der Waals surface area contributed by atoms with Gasteiger partial charge in [0, 0.05) is 28.4 Å². The quantitative estimate of drug-likeness (QED) is 0.640. The fourth-order valence-corrected chi connectivity index (χ4v) is 3.28. The molecule has 2 unspecified atom stereocenters. The normalized spacial score (nSPS) is 16.4. The average Bonchev–Trinajstić information content (AvgIpc) is 3.08. The minimum atomic E-state index is -4.81. The van der Waals surface area contributed by atoms with E-state index >= 15 is 0 Å². The van der Waals surface area contributed by atoms with Crippen molar-refractivity contribution in [3.05, 3.63) is 34.8 Å². The zero-order chi connectivity index (χ0) is 19.7. The number of hydrogen-bond donors (Lipinski definition) is 1. The van der Waals surface area contributed by atoms with Gasteiger partial charge in [-0.25, -0.2) is 4.98 Å². The molecule has 0 aliphatic carbocycles. The van der Waals surface area contributed by atoms with Crippen molar-refractivity contribution in [3.63, 3.8) is 0 Å². The van der Waals surface area contributed by atoms with Gasteiger partial charge in [0.05, 0.1) is 5.69 Å². The SMILES string of the molecule is CCC(C)/C(C)=N\c1c(C(C)(O)C(F)(F)F)ccc(-c2nccs2)c1C. The van der Waals surface area contributed by atoms with Gasteiger partial charge in [-0.2, -0.15) is 13.2 Å². The molecule has 1 aromatic carbocycles. The van der Waals surface area contributed by atoms with Crippen LogP contribution in [0.5, 0.6) is 0 Å². The highest BCUT2D eigenvalue weighted by Gasteiger charge is 2.52. The van der Waals surface area contributed by atoms with E-state index in [0.717, 1.165) is 24.6 Å². The van der Waals surface area contributed by atoms with Crippen molar-refractivity contribution in [1.82, 2.24) is 4.98 Å². The number of aliphatic hydroxyl groups is 1. The number of thiazole rings is 1. The van der Waals surface area contributed by atoms with Gasteiger partial charge in [0.15, 0.2) is 5.60 Å². The lowest BCUT2D eigenvalue weighted by Gasteiger charge is -2.29. The second kappa shape index (κ2) is 7.48. The molecule has 0 spiro atoms. The summed E-state index contributed by atoms with van der Waals surface area (Å²) in [5.74, 6) is 0.126. The molecular weight excluding hydrogens is 361 g/mol. The lowest BCUT2D eigenvalue weighted by molar-refractivity contribution is -0.258. The van der Waals surface area contributed by atoms with Gasteiger partial charge in [0.25, 0.3) is 0 Å². The van der Waals surface area contributed by atoms with E-state index in [9.17, 15) is 18.3 Å². The molecule has 1 heterocycles. The van der Waals surface area contributed by atoms with Crippen LogP contribution in [0.25, 0.3) is 10.6 Å². The van der Waals surface area contributed by atoms with Crippen molar-refractivity contribution in [2.45, 2.75) is 52.8 Å². The minimum absolute atomic E-state index is 0.126. The molecule has 0 bridgehead atoms. The Bertz CT molecular complexity index is 796. The van der Waals surface area contributed by atoms with E-state index in [1.165, 1.54) is 17.4 Å². The topological polar surface area (TPSA) is 45.5 Å². The van der Waals surface area contributed by atoms with Crippen LogP contribution >= 0.6 is 11.3 Å². The molecule has 2 atom stereocenters. The highest BCUT2D eigenvalue weighted by atomic mass is 32.1. The standard InChI is InChI=1S/C19H23F3N2OS/c1-6-11(2)13(4)24-16-12(3)14(17-23-9-10-26-17)7-8-15(16)18(5,25)19(20,21)22/h7-11,25H,6H2,1-5H3/b24-13-. The minimum Gasteiger partial charge on any atom is -0.376 e. The highest BCUT2D eigenvalue weighted by Crippen LogP contribution is 2.45. The molecule has 0 saturated carbocycles. The molecule has 0 aliphatic heterocycles. The predicted molar refractivity (Wildman–Crippen MR) is 100 cm³/mol. The van der Waals surface area contributed by atoms with E-state index in [1.54, 1.807) is 26.1 Å². The lowest BCUT2D eigenvalue weighted by Crippen LogP contribution is -2.39. The maximum Gasteiger partial charge on any atom is 0.421 e. The molecule has 0 fully saturated rings. The first-order valence-corrected chi connectivity index (χ1v) is 9.26. The third-order valence-electron chi connectivity index (χ3n) is 4.78. The molecule has 0 aliphatic rings.